The van der Waals surface area contributed by atoms with E-state index in [1.165, 1.54) is 44.1 Å². The lowest BCUT2D eigenvalue weighted by Crippen LogP contribution is -2.29. The van der Waals surface area contributed by atoms with Crippen LogP contribution in [-0.4, -0.2) is 24.1 Å². The number of hydrogen-bond donors (Lipinski definition) is 1. The highest BCUT2D eigenvalue weighted by molar-refractivity contribution is 6.31. The van der Waals surface area contributed by atoms with Crippen molar-refractivity contribution in [3.05, 3.63) is 22.8 Å². The average molecular weight is 280 g/mol. The van der Waals surface area contributed by atoms with E-state index in [0.717, 1.165) is 17.4 Å². The van der Waals surface area contributed by atoms with Crippen molar-refractivity contribution in [2.45, 2.75) is 57.2 Å². The summed E-state index contributed by atoms with van der Waals surface area (Å²) in [5, 5.41) is 4.29. The molecule has 0 unspecified atom stereocenters. The van der Waals surface area contributed by atoms with Gasteiger partial charge in [-0.3, -0.25) is 0 Å². The quantitative estimate of drug-likeness (QED) is 0.896. The zero-order chi connectivity index (χ0) is 13.2. The fourth-order valence-electron chi connectivity index (χ4n) is 2.82. The van der Waals surface area contributed by atoms with Crippen LogP contribution in [0, 0.1) is 0 Å². The topological polar surface area (TPSA) is 28.2 Å². The van der Waals surface area contributed by atoms with E-state index < -0.39 is 0 Å². The molecule has 0 radical (unpaired) electrons. The summed E-state index contributed by atoms with van der Waals surface area (Å²) >= 11 is 6.24. The second-order valence-corrected chi connectivity index (χ2v) is 6.25. The van der Waals surface area contributed by atoms with Gasteiger partial charge in [-0.2, -0.15) is 0 Å². The van der Waals surface area contributed by atoms with E-state index in [-0.39, 0.29) is 0 Å². The van der Waals surface area contributed by atoms with Crippen LogP contribution < -0.4 is 10.2 Å². The highest BCUT2D eigenvalue weighted by Gasteiger charge is 2.22. The molecule has 2 saturated carbocycles. The third kappa shape index (κ3) is 3.21. The summed E-state index contributed by atoms with van der Waals surface area (Å²) < 4.78 is 0. The normalized spacial score (nSPS) is 19.9. The van der Waals surface area contributed by atoms with Gasteiger partial charge in [0.2, 0.25) is 0 Å². The van der Waals surface area contributed by atoms with Gasteiger partial charge < -0.3 is 10.2 Å². The van der Waals surface area contributed by atoms with Gasteiger partial charge in [0.25, 0.3) is 0 Å². The Bertz CT molecular complexity index is 439. The lowest BCUT2D eigenvalue weighted by atomic mass is 10.2. The predicted molar refractivity (Wildman–Crippen MR) is 79.8 cm³/mol. The van der Waals surface area contributed by atoms with Crippen molar-refractivity contribution in [3.8, 4) is 0 Å². The fraction of sp³-hybridized carbons (Fsp3) is 0.667. The molecule has 0 amide bonds. The van der Waals surface area contributed by atoms with Crippen LogP contribution in [0.2, 0.25) is 5.02 Å². The minimum atomic E-state index is 0.651. The summed E-state index contributed by atoms with van der Waals surface area (Å²) in [6.45, 7) is 0.859. The second-order valence-electron chi connectivity index (χ2n) is 5.84. The van der Waals surface area contributed by atoms with E-state index in [1.807, 2.05) is 0 Å². The number of pyridine rings is 1. The van der Waals surface area contributed by atoms with E-state index in [4.69, 9.17) is 11.6 Å². The summed E-state index contributed by atoms with van der Waals surface area (Å²) in [4.78, 5) is 6.82. The van der Waals surface area contributed by atoms with Crippen molar-refractivity contribution in [1.82, 2.24) is 10.3 Å². The Hall–Kier alpha value is -0.800. The van der Waals surface area contributed by atoms with Gasteiger partial charge in [-0.05, 0) is 37.3 Å². The minimum absolute atomic E-state index is 0.651. The summed E-state index contributed by atoms with van der Waals surface area (Å²) in [5.74, 6) is 1.06. The SMILES string of the molecule is CN(c1cc(CNC2CC2)c(Cl)cn1)C1CCCC1. The van der Waals surface area contributed by atoms with Crippen LogP contribution in [0.15, 0.2) is 12.3 Å². The molecule has 0 spiro atoms. The van der Waals surface area contributed by atoms with Gasteiger partial charge in [-0.1, -0.05) is 24.4 Å². The van der Waals surface area contributed by atoms with Crippen molar-refractivity contribution >= 4 is 17.4 Å². The maximum atomic E-state index is 6.24. The Balaban J connectivity index is 1.71. The lowest BCUT2D eigenvalue weighted by molar-refractivity contribution is 0.644. The maximum Gasteiger partial charge on any atom is 0.128 e. The molecule has 1 aromatic heterocycles. The Morgan fingerprint density at radius 2 is 2.05 bits per heavy atom. The third-order valence-electron chi connectivity index (χ3n) is 4.31. The average Bonchev–Trinajstić information content (AvgIpc) is 3.09. The molecule has 0 saturated heterocycles. The number of hydrogen-bond acceptors (Lipinski definition) is 3. The Labute approximate surface area is 120 Å². The van der Waals surface area contributed by atoms with Gasteiger partial charge in [0.05, 0.1) is 5.02 Å². The van der Waals surface area contributed by atoms with Gasteiger partial charge in [-0.15, -0.1) is 0 Å². The van der Waals surface area contributed by atoms with Crippen LogP contribution >= 0.6 is 11.6 Å². The van der Waals surface area contributed by atoms with Crippen LogP contribution in [0.1, 0.15) is 44.1 Å². The van der Waals surface area contributed by atoms with E-state index in [1.54, 1.807) is 6.20 Å². The molecule has 19 heavy (non-hydrogen) atoms. The van der Waals surface area contributed by atoms with Gasteiger partial charge in [0, 0.05) is 31.9 Å². The first-order valence-electron chi connectivity index (χ1n) is 7.34. The van der Waals surface area contributed by atoms with Gasteiger partial charge in [0.15, 0.2) is 0 Å². The minimum Gasteiger partial charge on any atom is -0.357 e. The van der Waals surface area contributed by atoms with Crippen molar-refractivity contribution in [2.75, 3.05) is 11.9 Å². The number of nitrogens with zero attached hydrogens (tertiary/aromatic N) is 2. The van der Waals surface area contributed by atoms with E-state index in [0.29, 0.717) is 12.1 Å². The summed E-state index contributed by atoms with van der Waals surface area (Å²) in [5.41, 5.74) is 1.17. The Morgan fingerprint density at radius 1 is 1.32 bits per heavy atom. The van der Waals surface area contributed by atoms with Crippen LogP contribution in [0.25, 0.3) is 0 Å². The van der Waals surface area contributed by atoms with Crippen LogP contribution in [0.4, 0.5) is 5.82 Å². The standard InChI is InChI=1S/C15H22ClN3/c1-19(13-4-2-3-5-13)15-8-11(14(16)10-18-15)9-17-12-6-7-12/h8,10,12-13,17H,2-7,9H2,1H3. The lowest BCUT2D eigenvalue weighted by Gasteiger charge is -2.26. The molecule has 4 heteroatoms. The summed E-state index contributed by atoms with van der Waals surface area (Å²) in [6.07, 6.45) is 9.67. The Morgan fingerprint density at radius 3 is 2.74 bits per heavy atom. The first-order chi connectivity index (χ1) is 9.24. The molecule has 3 nitrogen and oxygen atoms in total. The molecule has 0 bridgehead atoms. The molecular formula is C15H22ClN3. The molecule has 2 aliphatic rings. The maximum absolute atomic E-state index is 6.24. The van der Waals surface area contributed by atoms with Gasteiger partial charge in [0.1, 0.15) is 5.82 Å². The van der Waals surface area contributed by atoms with E-state index >= 15 is 0 Å². The first-order valence-corrected chi connectivity index (χ1v) is 7.72. The van der Waals surface area contributed by atoms with E-state index in [2.05, 4.69) is 28.3 Å². The molecule has 3 rings (SSSR count). The molecule has 0 atom stereocenters. The highest BCUT2D eigenvalue weighted by atomic mass is 35.5. The van der Waals surface area contributed by atoms with E-state index in [9.17, 15) is 0 Å². The molecule has 2 aliphatic carbocycles. The fourth-order valence-corrected chi connectivity index (χ4v) is 2.99. The number of nitrogens with one attached hydrogen (secondary N) is 1. The molecule has 0 aromatic carbocycles. The predicted octanol–water partition coefficient (Wildman–Crippen LogP) is 3.37. The third-order valence-corrected chi connectivity index (χ3v) is 4.65. The van der Waals surface area contributed by atoms with Gasteiger partial charge >= 0.3 is 0 Å². The number of aromatic nitrogens is 1. The molecule has 2 fully saturated rings. The molecule has 1 N–H and O–H groups in total. The zero-order valence-corrected chi connectivity index (χ0v) is 12.3. The molecule has 0 aliphatic heterocycles. The van der Waals surface area contributed by atoms with Gasteiger partial charge in [-0.25, -0.2) is 4.98 Å². The number of anilines is 1. The number of halogens is 1. The van der Waals surface area contributed by atoms with Crippen molar-refractivity contribution in [3.63, 3.8) is 0 Å². The molecule has 1 aromatic rings. The highest BCUT2D eigenvalue weighted by Crippen LogP contribution is 2.28. The molecular weight excluding hydrogens is 258 g/mol. The monoisotopic (exact) mass is 279 g/mol. The second kappa shape index (κ2) is 5.68. The van der Waals surface area contributed by atoms with Crippen LogP contribution in [0.5, 0.6) is 0 Å². The van der Waals surface area contributed by atoms with Crippen molar-refractivity contribution in [2.24, 2.45) is 0 Å². The van der Waals surface area contributed by atoms with Crippen LogP contribution in [0.3, 0.4) is 0 Å². The molecule has 104 valence electrons. The number of rotatable bonds is 5. The molecule has 1 heterocycles. The summed E-state index contributed by atoms with van der Waals surface area (Å²) in [6, 6.07) is 3.51. The first kappa shape index (κ1) is 13.2. The Kier molecular flexibility index (Phi) is 3.94. The summed E-state index contributed by atoms with van der Waals surface area (Å²) in [7, 11) is 2.16. The van der Waals surface area contributed by atoms with Crippen molar-refractivity contribution < 1.29 is 0 Å². The smallest absolute Gasteiger partial charge is 0.128 e. The zero-order valence-electron chi connectivity index (χ0n) is 11.5. The largest absolute Gasteiger partial charge is 0.357 e. The van der Waals surface area contributed by atoms with Crippen molar-refractivity contribution in [1.29, 1.82) is 0 Å². The van der Waals surface area contributed by atoms with Crippen LogP contribution in [-0.2, 0) is 6.54 Å².